The fourth-order valence-electron chi connectivity index (χ4n) is 0.915. The van der Waals surface area contributed by atoms with Gasteiger partial charge in [-0.25, -0.2) is 0 Å². The maximum absolute atomic E-state index is 10.5. The lowest BCUT2D eigenvalue weighted by molar-refractivity contribution is -0.424. The van der Waals surface area contributed by atoms with Crippen LogP contribution in [0.2, 0.25) is 0 Å². The minimum atomic E-state index is -0.892. The molecule has 74 valence electrons. The quantitative estimate of drug-likeness (QED) is 0.470. The van der Waals surface area contributed by atoms with Gasteiger partial charge in [-0.15, -0.1) is 0 Å². The summed E-state index contributed by atoms with van der Waals surface area (Å²) < 4.78 is 8.66. The van der Waals surface area contributed by atoms with E-state index in [-0.39, 0.29) is 16.9 Å². The molecule has 1 rings (SSSR count). The van der Waals surface area contributed by atoms with Gasteiger partial charge < -0.3 is 4.55 Å². The molecule has 7 nitrogen and oxygen atoms in total. The van der Waals surface area contributed by atoms with Gasteiger partial charge in [-0.1, -0.05) is 6.07 Å². The maximum atomic E-state index is 10.5. The van der Waals surface area contributed by atoms with Crippen LogP contribution in [0.3, 0.4) is 0 Å². The second-order valence-electron chi connectivity index (χ2n) is 2.23. The minimum absolute atomic E-state index is 0.109. The van der Waals surface area contributed by atoms with E-state index >= 15 is 0 Å². The van der Waals surface area contributed by atoms with Crippen molar-refractivity contribution in [3.05, 3.63) is 38.4 Å². The highest BCUT2D eigenvalue weighted by molar-refractivity contribution is 7.94. The summed E-state index contributed by atoms with van der Waals surface area (Å²) in [4.78, 5) is 19.0. The Morgan fingerprint density at radius 3 is 2.29 bits per heavy atom. The van der Waals surface area contributed by atoms with Crippen molar-refractivity contribution in [1.29, 1.82) is 0 Å². The summed E-state index contributed by atoms with van der Waals surface area (Å²) >= 11 is 0.109. The van der Waals surface area contributed by atoms with E-state index < -0.39 is 21.2 Å². The van der Waals surface area contributed by atoms with Gasteiger partial charge in [0.1, 0.15) is 4.90 Å². The molecule has 0 spiro atoms. The number of nitrogens with zero attached hydrogens (tertiary/aromatic N) is 2. The predicted octanol–water partition coefficient (Wildman–Crippen LogP) is 2.07. The molecule has 0 amide bonds. The topological polar surface area (TPSA) is 107 Å². The molecule has 0 aromatic heterocycles. The van der Waals surface area contributed by atoms with E-state index in [1.807, 2.05) is 0 Å². The average molecular weight is 216 g/mol. The largest absolute Gasteiger partial charge is 0.361 e. The van der Waals surface area contributed by atoms with Crippen molar-refractivity contribution in [3.8, 4) is 0 Å². The summed E-state index contributed by atoms with van der Waals surface area (Å²) in [5.74, 6) is 0. The van der Waals surface area contributed by atoms with Crippen LogP contribution in [0.25, 0.3) is 0 Å². The monoisotopic (exact) mass is 216 g/mol. The molecule has 0 radical (unpaired) electrons. The third kappa shape index (κ3) is 1.80. The molecule has 0 aliphatic carbocycles. The van der Waals surface area contributed by atoms with Crippen molar-refractivity contribution < 1.29 is 14.4 Å². The molecule has 1 aromatic carbocycles. The molecular formula is C6H4N2O5S. The fourth-order valence-corrected chi connectivity index (χ4v) is 1.32. The molecule has 0 saturated heterocycles. The SMILES string of the molecule is O=[N+]([O-])c1cccc(SO)c1[N+](=O)[O-]. The molecule has 1 aromatic rings. The van der Waals surface area contributed by atoms with Crippen LogP contribution in [0.5, 0.6) is 0 Å². The van der Waals surface area contributed by atoms with Crippen LogP contribution in [0.1, 0.15) is 0 Å². The first-order chi connectivity index (χ1) is 6.57. The first kappa shape index (κ1) is 10.4. The summed E-state index contributed by atoms with van der Waals surface area (Å²) in [5.41, 5.74) is -1.32. The Morgan fingerprint density at radius 2 is 1.86 bits per heavy atom. The number of para-hydroxylation sites is 1. The standard InChI is InChI=1S/C6H4N2O5S/c9-7(10)4-2-1-3-5(14-13)6(4)8(11)12/h1-3,13H. The first-order valence-corrected chi connectivity index (χ1v) is 4.08. The molecule has 0 fully saturated rings. The number of benzene rings is 1. The number of hydrogen-bond donors (Lipinski definition) is 1. The van der Waals surface area contributed by atoms with Crippen molar-refractivity contribution in [2.24, 2.45) is 0 Å². The third-order valence-electron chi connectivity index (χ3n) is 1.46. The van der Waals surface area contributed by atoms with Crippen LogP contribution in [-0.2, 0) is 0 Å². The highest BCUT2D eigenvalue weighted by Crippen LogP contribution is 2.35. The average Bonchev–Trinajstić information content (AvgIpc) is 2.16. The highest BCUT2D eigenvalue weighted by atomic mass is 32.2. The number of nitro benzene ring substituents is 2. The van der Waals surface area contributed by atoms with Crippen molar-refractivity contribution in [3.63, 3.8) is 0 Å². The minimum Gasteiger partial charge on any atom is -0.325 e. The van der Waals surface area contributed by atoms with Crippen molar-refractivity contribution in [2.45, 2.75) is 4.90 Å². The van der Waals surface area contributed by atoms with Gasteiger partial charge in [-0.3, -0.25) is 20.2 Å². The Labute approximate surface area is 81.9 Å². The van der Waals surface area contributed by atoms with E-state index in [1.165, 1.54) is 12.1 Å². The van der Waals surface area contributed by atoms with Gasteiger partial charge in [-0.2, -0.15) is 0 Å². The zero-order chi connectivity index (χ0) is 10.7. The molecule has 0 heterocycles. The molecule has 0 aliphatic rings. The molecule has 0 bridgehead atoms. The Kier molecular flexibility index (Phi) is 2.99. The third-order valence-corrected chi connectivity index (χ3v) is 1.98. The van der Waals surface area contributed by atoms with Crippen molar-refractivity contribution in [2.75, 3.05) is 0 Å². The molecule has 8 heteroatoms. The normalized spacial score (nSPS) is 9.79. The van der Waals surface area contributed by atoms with Gasteiger partial charge in [0.2, 0.25) is 0 Å². The van der Waals surface area contributed by atoms with Gasteiger partial charge in [0.15, 0.2) is 0 Å². The molecule has 14 heavy (non-hydrogen) atoms. The summed E-state index contributed by atoms with van der Waals surface area (Å²) in [6.07, 6.45) is 0. The highest BCUT2D eigenvalue weighted by Gasteiger charge is 2.28. The molecule has 1 N–H and O–H groups in total. The summed E-state index contributed by atoms with van der Waals surface area (Å²) in [7, 11) is 0. The predicted molar refractivity (Wildman–Crippen MR) is 48.2 cm³/mol. The van der Waals surface area contributed by atoms with Crippen LogP contribution in [-0.4, -0.2) is 14.4 Å². The second-order valence-corrected chi connectivity index (χ2v) is 2.85. The zero-order valence-electron chi connectivity index (χ0n) is 6.61. The lowest BCUT2D eigenvalue weighted by Crippen LogP contribution is -1.97. The van der Waals surface area contributed by atoms with Crippen LogP contribution in [0.4, 0.5) is 11.4 Å². The second kappa shape index (κ2) is 4.03. The van der Waals surface area contributed by atoms with E-state index in [0.29, 0.717) is 0 Å². The molecular weight excluding hydrogens is 212 g/mol. The Balaban J connectivity index is 3.43. The number of nitro groups is 2. The fraction of sp³-hybridized carbons (Fsp3) is 0. The molecule has 0 unspecified atom stereocenters. The maximum Gasteiger partial charge on any atom is 0.361 e. The van der Waals surface area contributed by atoms with E-state index in [4.69, 9.17) is 4.55 Å². The van der Waals surface area contributed by atoms with E-state index in [2.05, 4.69) is 0 Å². The Morgan fingerprint density at radius 1 is 1.21 bits per heavy atom. The summed E-state index contributed by atoms with van der Waals surface area (Å²) in [5, 5.41) is 20.9. The van der Waals surface area contributed by atoms with E-state index in [9.17, 15) is 20.2 Å². The molecule has 0 aliphatic heterocycles. The first-order valence-electron chi connectivity index (χ1n) is 3.31. The lowest BCUT2D eigenvalue weighted by atomic mass is 10.3. The van der Waals surface area contributed by atoms with Crippen LogP contribution in [0.15, 0.2) is 23.1 Å². The Hall–Kier alpha value is -1.67. The van der Waals surface area contributed by atoms with Gasteiger partial charge in [0, 0.05) is 18.1 Å². The van der Waals surface area contributed by atoms with E-state index in [1.54, 1.807) is 0 Å². The van der Waals surface area contributed by atoms with E-state index in [0.717, 1.165) is 6.07 Å². The molecule has 0 atom stereocenters. The van der Waals surface area contributed by atoms with Crippen LogP contribution in [0, 0.1) is 20.2 Å². The van der Waals surface area contributed by atoms with Gasteiger partial charge in [0.05, 0.1) is 9.85 Å². The number of rotatable bonds is 3. The lowest BCUT2D eigenvalue weighted by Gasteiger charge is -1.97. The molecule has 0 saturated carbocycles. The van der Waals surface area contributed by atoms with Gasteiger partial charge >= 0.3 is 11.4 Å². The summed E-state index contributed by atoms with van der Waals surface area (Å²) in [6.45, 7) is 0. The van der Waals surface area contributed by atoms with Crippen LogP contribution < -0.4 is 0 Å². The van der Waals surface area contributed by atoms with Gasteiger partial charge in [0.25, 0.3) is 0 Å². The zero-order valence-corrected chi connectivity index (χ0v) is 7.43. The summed E-state index contributed by atoms with van der Waals surface area (Å²) in [6, 6.07) is 3.51. The smallest absolute Gasteiger partial charge is 0.325 e. The van der Waals surface area contributed by atoms with Crippen molar-refractivity contribution in [1.82, 2.24) is 0 Å². The van der Waals surface area contributed by atoms with Crippen molar-refractivity contribution >= 4 is 23.4 Å². The number of hydrogen-bond acceptors (Lipinski definition) is 6. The van der Waals surface area contributed by atoms with Gasteiger partial charge in [-0.05, 0) is 6.07 Å². The van der Waals surface area contributed by atoms with Crippen LogP contribution >= 0.6 is 12.0 Å². The Bertz CT molecular complexity index is 394.